The molecule has 4 nitrogen and oxygen atoms in total. The average Bonchev–Trinajstić information content (AvgIpc) is 2.63. The monoisotopic (exact) mass is 315 g/mol. The summed E-state index contributed by atoms with van der Waals surface area (Å²) in [4.78, 5) is 5.09. The molecule has 0 radical (unpaired) electrons. The maximum atomic E-state index is 5.42. The molecule has 2 fully saturated rings. The van der Waals surface area contributed by atoms with E-state index in [2.05, 4.69) is 39.4 Å². The van der Waals surface area contributed by atoms with Gasteiger partial charge >= 0.3 is 0 Å². The summed E-state index contributed by atoms with van der Waals surface area (Å²) in [5.74, 6) is 0. The highest BCUT2D eigenvalue weighted by atomic mass is 16.5. The molecule has 4 heteroatoms. The number of hydrogen-bond donors (Lipinski definition) is 1. The second-order valence-electron chi connectivity index (χ2n) is 6.59. The first-order valence-corrected chi connectivity index (χ1v) is 9.05. The van der Waals surface area contributed by atoms with E-state index in [0.29, 0.717) is 6.04 Å². The molecule has 1 N–H and O–H groups in total. The van der Waals surface area contributed by atoms with Gasteiger partial charge in [-0.05, 0) is 49.7 Å². The Bertz CT molecular complexity index is 428. The Morgan fingerprint density at radius 3 is 2.61 bits per heavy atom. The SMILES string of the molecule is c1ccc(C(CN2CCCCC2)NCCN2CCOCC2)cc#1. The highest BCUT2D eigenvalue weighted by Crippen LogP contribution is 2.16. The number of rotatable bonds is 7. The molecule has 0 saturated carbocycles. The highest BCUT2D eigenvalue weighted by molar-refractivity contribution is 5.15. The maximum absolute atomic E-state index is 5.42. The van der Waals surface area contributed by atoms with Gasteiger partial charge in [-0.3, -0.25) is 4.90 Å². The Hall–Kier alpha value is -1.12. The first kappa shape index (κ1) is 16.7. The van der Waals surface area contributed by atoms with Gasteiger partial charge in [0.05, 0.1) is 13.2 Å². The number of ether oxygens (including phenoxy) is 1. The number of likely N-dealkylation sites (tertiary alicyclic amines) is 1. The van der Waals surface area contributed by atoms with Crippen LogP contribution in [0.5, 0.6) is 0 Å². The zero-order chi connectivity index (χ0) is 15.7. The minimum absolute atomic E-state index is 0.389. The molecule has 0 spiro atoms. The smallest absolute Gasteiger partial charge is 0.0594 e. The van der Waals surface area contributed by atoms with Gasteiger partial charge in [0.25, 0.3) is 0 Å². The second kappa shape index (κ2) is 9.24. The summed E-state index contributed by atoms with van der Waals surface area (Å²) in [6, 6.07) is 12.7. The van der Waals surface area contributed by atoms with Gasteiger partial charge in [0.1, 0.15) is 0 Å². The van der Waals surface area contributed by atoms with Crippen molar-refractivity contribution in [1.29, 1.82) is 0 Å². The molecule has 2 aliphatic heterocycles. The Morgan fingerprint density at radius 1 is 1.04 bits per heavy atom. The normalized spacial score (nSPS) is 21.7. The maximum Gasteiger partial charge on any atom is 0.0594 e. The van der Waals surface area contributed by atoms with Crippen LogP contribution in [0.15, 0.2) is 18.2 Å². The third-order valence-corrected chi connectivity index (χ3v) is 4.90. The molecule has 3 rings (SSSR count). The van der Waals surface area contributed by atoms with Crippen molar-refractivity contribution in [2.45, 2.75) is 25.3 Å². The lowest BCUT2D eigenvalue weighted by atomic mass is 10.1. The molecule has 1 atom stereocenters. The summed E-state index contributed by atoms with van der Waals surface area (Å²) in [6.07, 6.45) is 4.07. The number of hydrogen-bond acceptors (Lipinski definition) is 4. The third kappa shape index (κ3) is 5.47. The molecule has 0 aromatic heterocycles. The molecular weight excluding hydrogens is 286 g/mol. The van der Waals surface area contributed by atoms with Crippen LogP contribution in [0.2, 0.25) is 0 Å². The van der Waals surface area contributed by atoms with Crippen molar-refractivity contribution >= 4 is 0 Å². The Morgan fingerprint density at radius 2 is 1.87 bits per heavy atom. The standard InChI is InChI=1S/C19H29N3O/c1-3-7-18(8-4-1)19(17-22-10-5-2-6-11-22)20-9-12-21-13-15-23-16-14-21/h3,7-8,19-20H,2,5-6,9-17H2. The largest absolute Gasteiger partial charge is 0.379 e. The predicted octanol–water partition coefficient (Wildman–Crippen LogP) is 1.74. The van der Waals surface area contributed by atoms with Crippen molar-refractivity contribution in [2.24, 2.45) is 0 Å². The van der Waals surface area contributed by atoms with Crippen LogP contribution >= 0.6 is 0 Å². The molecule has 2 heterocycles. The molecule has 0 aliphatic carbocycles. The van der Waals surface area contributed by atoms with Crippen molar-refractivity contribution in [3.63, 3.8) is 0 Å². The molecule has 1 aromatic carbocycles. The number of nitrogens with one attached hydrogen (secondary N) is 1. The fourth-order valence-corrected chi connectivity index (χ4v) is 3.49. The van der Waals surface area contributed by atoms with Gasteiger partial charge in [-0.25, -0.2) is 0 Å². The molecule has 23 heavy (non-hydrogen) atoms. The summed E-state index contributed by atoms with van der Waals surface area (Å²) in [6.45, 7) is 9.58. The Labute approximate surface area is 140 Å². The molecule has 2 saturated heterocycles. The molecule has 0 amide bonds. The van der Waals surface area contributed by atoms with E-state index in [1.807, 2.05) is 6.07 Å². The Balaban J connectivity index is 1.51. The molecular formula is C19H29N3O. The molecule has 2 aliphatic rings. The molecule has 126 valence electrons. The minimum atomic E-state index is 0.389. The fraction of sp³-hybridized carbons (Fsp3) is 0.684. The number of nitrogens with zero attached hydrogens (tertiary/aromatic N) is 2. The summed E-state index contributed by atoms with van der Waals surface area (Å²) in [5.41, 5.74) is 1.33. The zero-order valence-corrected chi connectivity index (χ0v) is 14.1. The van der Waals surface area contributed by atoms with Crippen LogP contribution in [0.3, 0.4) is 0 Å². The lowest BCUT2D eigenvalue weighted by Crippen LogP contribution is -2.43. The van der Waals surface area contributed by atoms with Gasteiger partial charge in [0, 0.05) is 38.8 Å². The van der Waals surface area contributed by atoms with E-state index in [0.717, 1.165) is 45.9 Å². The number of piperidine rings is 1. The van der Waals surface area contributed by atoms with Gasteiger partial charge in [-0.1, -0.05) is 18.6 Å². The summed E-state index contributed by atoms with van der Waals surface area (Å²) >= 11 is 0. The Kier molecular flexibility index (Phi) is 6.72. The van der Waals surface area contributed by atoms with Crippen molar-refractivity contribution < 1.29 is 4.74 Å². The zero-order valence-electron chi connectivity index (χ0n) is 14.1. The van der Waals surface area contributed by atoms with E-state index in [9.17, 15) is 0 Å². The molecule has 1 aromatic rings. The number of morpholine rings is 1. The average molecular weight is 315 g/mol. The predicted molar refractivity (Wildman–Crippen MR) is 92.4 cm³/mol. The van der Waals surface area contributed by atoms with Gasteiger partial charge in [-0.2, -0.15) is 0 Å². The molecule has 1 unspecified atom stereocenters. The molecule has 0 bridgehead atoms. The lowest BCUT2D eigenvalue weighted by molar-refractivity contribution is 0.0379. The summed E-state index contributed by atoms with van der Waals surface area (Å²) < 4.78 is 5.42. The van der Waals surface area contributed by atoms with Crippen LogP contribution in [0, 0.1) is 12.1 Å². The van der Waals surface area contributed by atoms with E-state index in [1.54, 1.807) is 0 Å². The summed E-state index contributed by atoms with van der Waals surface area (Å²) in [7, 11) is 0. The van der Waals surface area contributed by atoms with Crippen molar-refractivity contribution in [1.82, 2.24) is 15.1 Å². The quantitative estimate of drug-likeness (QED) is 0.829. The van der Waals surface area contributed by atoms with Gasteiger partial charge < -0.3 is 15.0 Å². The van der Waals surface area contributed by atoms with Gasteiger partial charge in [0.2, 0.25) is 0 Å². The minimum Gasteiger partial charge on any atom is -0.379 e. The van der Waals surface area contributed by atoms with Crippen LogP contribution < -0.4 is 5.32 Å². The van der Waals surface area contributed by atoms with E-state index in [1.165, 1.54) is 37.9 Å². The lowest BCUT2D eigenvalue weighted by Gasteiger charge is -2.32. The van der Waals surface area contributed by atoms with Crippen molar-refractivity contribution in [2.75, 3.05) is 59.0 Å². The van der Waals surface area contributed by atoms with Crippen molar-refractivity contribution in [3.8, 4) is 0 Å². The van der Waals surface area contributed by atoms with E-state index < -0.39 is 0 Å². The topological polar surface area (TPSA) is 27.7 Å². The second-order valence-corrected chi connectivity index (χ2v) is 6.59. The highest BCUT2D eigenvalue weighted by Gasteiger charge is 2.18. The van der Waals surface area contributed by atoms with E-state index in [-0.39, 0.29) is 0 Å². The first-order chi connectivity index (χ1) is 11.4. The third-order valence-electron chi connectivity index (χ3n) is 4.90. The van der Waals surface area contributed by atoms with Crippen LogP contribution in [0.4, 0.5) is 0 Å². The van der Waals surface area contributed by atoms with Crippen LogP contribution in [0.1, 0.15) is 30.9 Å². The van der Waals surface area contributed by atoms with Crippen molar-refractivity contribution in [3.05, 3.63) is 35.9 Å². The van der Waals surface area contributed by atoms with E-state index in [4.69, 9.17) is 4.74 Å². The fourth-order valence-electron chi connectivity index (χ4n) is 3.49. The van der Waals surface area contributed by atoms with E-state index >= 15 is 0 Å². The summed E-state index contributed by atoms with van der Waals surface area (Å²) in [5, 5.41) is 3.77. The van der Waals surface area contributed by atoms with Crippen LogP contribution in [-0.4, -0.2) is 68.8 Å². The van der Waals surface area contributed by atoms with Crippen LogP contribution in [0.25, 0.3) is 0 Å². The van der Waals surface area contributed by atoms with Gasteiger partial charge in [0.15, 0.2) is 0 Å². The first-order valence-electron chi connectivity index (χ1n) is 9.05. The van der Waals surface area contributed by atoms with Gasteiger partial charge in [-0.15, -0.1) is 0 Å². The van der Waals surface area contributed by atoms with Crippen LogP contribution in [-0.2, 0) is 4.74 Å².